The van der Waals surface area contributed by atoms with Crippen LogP contribution in [-0.4, -0.2) is 4.92 Å². The second-order valence-electron chi connectivity index (χ2n) is 4.51. The Morgan fingerprint density at radius 1 is 1.15 bits per heavy atom. The number of nitrogens with two attached hydrogens (primary N) is 1. The Morgan fingerprint density at radius 2 is 1.80 bits per heavy atom. The molecule has 2 rings (SSSR count). The van der Waals surface area contributed by atoms with Crippen molar-refractivity contribution >= 4 is 17.1 Å². The summed E-state index contributed by atoms with van der Waals surface area (Å²) in [6.45, 7) is 2.61. The van der Waals surface area contributed by atoms with Crippen molar-refractivity contribution in [2.45, 2.75) is 13.5 Å². The third kappa shape index (κ3) is 3.46. The van der Waals surface area contributed by atoms with E-state index in [9.17, 15) is 10.1 Å². The number of hydrazine groups is 1. The minimum atomic E-state index is -0.447. The Balaban J connectivity index is 2.14. The van der Waals surface area contributed by atoms with Gasteiger partial charge in [0, 0.05) is 24.4 Å². The van der Waals surface area contributed by atoms with Crippen LogP contribution in [-0.2, 0) is 6.54 Å². The van der Waals surface area contributed by atoms with E-state index >= 15 is 0 Å². The van der Waals surface area contributed by atoms with E-state index < -0.39 is 4.92 Å². The van der Waals surface area contributed by atoms with Crippen LogP contribution >= 0.6 is 0 Å². The van der Waals surface area contributed by atoms with Crippen molar-refractivity contribution in [3.63, 3.8) is 0 Å². The highest BCUT2D eigenvalue weighted by Gasteiger charge is 2.09. The van der Waals surface area contributed by atoms with E-state index in [2.05, 4.69) is 10.7 Å². The van der Waals surface area contributed by atoms with E-state index in [1.54, 1.807) is 6.07 Å². The molecule has 0 radical (unpaired) electrons. The third-order valence-electron chi connectivity index (χ3n) is 2.91. The molecule has 20 heavy (non-hydrogen) atoms. The van der Waals surface area contributed by atoms with Gasteiger partial charge in [0.15, 0.2) is 0 Å². The summed E-state index contributed by atoms with van der Waals surface area (Å²) in [6.07, 6.45) is 0. The highest BCUT2D eigenvalue weighted by Crippen LogP contribution is 2.24. The van der Waals surface area contributed by atoms with Gasteiger partial charge in [0.25, 0.3) is 5.69 Å². The molecule has 0 aromatic heterocycles. The number of nitro benzene ring substituents is 1. The van der Waals surface area contributed by atoms with Gasteiger partial charge in [-0.15, -0.1) is 0 Å². The Morgan fingerprint density at radius 3 is 2.40 bits per heavy atom. The molecule has 2 aromatic rings. The molecule has 0 spiro atoms. The van der Waals surface area contributed by atoms with Crippen molar-refractivity contribution < 1.29 is 4.92 Å². The van der Waals surface area contributed by atoms with Gasteiger partial charge in [-0.05, 0) is 18.6 Å². The van der Waals surface area contributed by atoms with Gasteiger partial charge in [-0.2, -0.15) is 0 Å². The number of nitrogens with zero attached hydrogens (tertiary/aromatic N) is 1. The fourth-order valence-corrected chi connectivity index (χ4v) is 1.81. The van der Waals surface area contributed by atoms with Gasteiger partial charge < -0.3 is 10.7 Å². The molecule has 0 atom stereocenters. The molecular formula is C14H16N4O2. The van der Waals surface area contributed by atoms with E-state index in [4.69, 9.17) is 5.84 Å². The molecule has 0 heterocycles. The van der Waals surface area contributed by atoms with Crippen LogP contribution in [0, 0.1) is 17.0 Å². The number of rotatable bonds is 5. The topological polar surface area (TPSA) is 93.2 Å². The molecule has 2 aromatic carbocycles. The molecule has 0 aliphatic carbocycles. The SMILES string of the molecule is Cc1ccc(CNc2cc(NN)cc([N+](=O)[O-])c2)cc1. The first-order valence-corrected chi connectivity index (χ1v) is 6.14. The van der Waals surface area contributed by atoms with Crippen LogP contribution in [0.2, 0.25) is 0 Å². The van der Waals surface area contributed by atoms with Gasteiger partial charge >= 0.3 is 0 Å². The van der Waals surface area contributed by atoms with Crippen LogP contribution < -0.4 is 16.6 Å². The number of non-ortho nitro benzene ring substituents is 1. The first-order valence-electron chi connectivity index (χ1n) is 6.14. The van der Waals surface area contributed by atoms with Crippen LogP contribution in [0.15, 0.2) is 42.5 Å². The average molecular weight is 272 g/mol. The van der Waals surface area contributed by atoms with Crippen LogP contribution in [0.1, 0.15) is 11.1 Å². The van der Waals surface area contributed by atoms with Gasteiger partial charge in [-0.3, -0.25) is 16.0 Å². The number of nitrogen functional groups attached to an aromatic ring is 1. The Kier molecular flexibility index (Phi) is 4.17. The molecule has 0 amide bonds. The van der Waals surface area contributed by atoms with Crippen LogP contribution in [0.5, 0.6) is 0 Å². The third-order valence-corrected chi connectivity index (χ3v) is 2.91. The quantitative estimate of drug-likeness (QED) is 0.442. The van der Waals surface area contributed by atoms with Gasteiger partial charge in [-0.25, -0.2) is 0 Å². The smallest absolute Gasteiger partial charge is 0.273 e. The minimum Gasteiger partial charge on any atom is -0.381 e. The zero-order chi connectivity index (χ0) is 14.5. The molecule has 0 aliphatic rings. The monoisotopic (exact) mass is 272 g/mol. The maximum Gasteiger partial charge on any atom is 0.273 e. The fourth-order valence-electron chi connectivity index (χ4n) is 1.81. The van der Waals surface area contributed by atoms with E-state index in [0.717, 1.165) is 5.56 Å². The number of nitro groups is 1. The standard InChI is InChI=1S/C14H16N4O2/c1-10-2-4-11(5-3-10)9-16-12-6-13(17-15)8-14(7-12)18(19)20/h2-8,16-17H,9,15H2,1H3. The normalized spacial score (nSPS) is 10.1. The second-order valence-corrected chi connectivity index (χ2v) is 4.51. The van der Waals surface area contributed by atoms with Crippen LogP contribution in [0.25, 0.3) is 0 Å². The molecule has 4 N–H and O–H groups in total. The van der Waals surface area contributed by atoms with Crippen molar-refractivity contribution in [3.05, 3.63) is 63.7 Å². The maximum absolute atomic E-state index is 10.8. The van der Waals surface area contributed by atoms with E-state index in [1.807, 2.05) is 31.2 Å². The molecule has 104 valence electrons. The highest BCUT2D eigenvalue weighted by molar-refractivity contribution is 5.63. The van der Waals surface area contributed by atoms with Gasteiger partial charge in [0.1, 0.15) is 0 Å². The number of anilines is 2. The lowest BCUT2D eigenvalue weighted by molar-refractivity contribution is -0.384. The molecule has 6 nitrogen and oxygen atoms in total. The maximum atomic E-state index is 10.8. The Labute approximate surface area is 116 Å². The summed E-state index contributed by atoms with van der Waals surface area (Å²) in [5, 5.41) is 14.0. The number of hydrogen-bond donors (Lipinski definition) is 3. The van der Waals surface area contributed by atoms with Gasteiger partial charge in [0.05, 0.1) is 10.6 Å². The molecular weight excluding hydrogens is 256 g/mol. The molecule has 0 aliphatic heterocycles. The lowest BCUT2D eigenvalue weighted by Gasteiger charge is -2.09. The summed E-state index contributed by atoms with van der Waals surface area (Å²) in [4.78, 5) is 10.4. The first-order chi connectivity index (χ1) is 9.58. The molecule has 0 unspecified atom stereocenters. The lowest BCUT2D eigenvalue weighted by atomic mass is 10.1. The zero-order valence-corrected chi connectivity index (χ0v) is 11.1. The van der Waals surface area contributed by atoms with E-state index in [-0.39, 0.29) is 5.69 Å². The summed E-state index contributed by atoms with van der Waals surface area (Å²) < 4.78 is 0. The molecule has 6 heteroatoms. The summed E-state index contributed by atoms with van der Waals surface area (Å²) in [6, 6.07) is 12.7. The first kappa shape index (κ1) is 13.8. The van der Waals surface area contributed by atoms with Crippen molar-refractivity contribution in [2.75, 3.05) is 10.7 Å². The summed E-state index contributed by atoms with van der Waals surface area (Å²) in [7, 11) is 0. The lowest BCUT2D eigenvalue weighted by Crippen LogP contribution is -2.08. The number of benzene rings is 2. The van der Waals surface area contributed by atoms with Crippen molar-refractivity contribution in [1.82, 2.24) is 0 Å². The average Bonchev–Trinajstić information content (AvgIpc) is 2.46. The fraction of sp³-hybridized carbons (Fsp3) is 0.143. The Bertz CT molecular complexity index is 611. The zero-order valence-electron chi connectivity index (χ0n) is 11.1. The minimum absolute atomic E-state index is 0.00754. The molecule has 0 fully saturated rings. The summed E-state index contributed by atoms with van der Waals surface area (Å²) in [5.74, 6) is 5.31. The predicted molar refractivity (Wildman–Crippen MR) is 79.4 cm³/mol. The van der Waals surface area contributed by atoms with Crippen molar-refractivity contribution in [3.8, 4) is 0 Å². The van der Waals surface area contributed by atoms with Gasteiger partial charge in [-0.1, -0.05) is 29.8 Å². The van der Waals surface area contributed by atoms with E-state index in [0.29, 0.717) is 17.9 Å². The number of hydrogen-bond acceptors (Lipinski definition) is 5. The highest BCUT2D eigenvalue weighted by atomic mass is 16.6. The summed E-state index contributed by atoms with van der Waals surface area (Å²) >= 11 is 0. The van der Waals surface area contributed by atoms with Gasteiger partial charge in [0.2, 0.25) is 0 Å². The summed E-state index contributed by atoms with van der Waals surface area (Å²) in [5.41, 5.74) is 5.85. The molecule has 0 saturated carbocycles. The van der Waals surface area contributed by atoms with Crippen LogP contribution in [0.3, 0.4) is 0 Å². The van der Waals surface area contributed by atoms with Crippen molar-refractivity contribution in [1.29, 1.82) is 0 Å². The van der Waals surface area contributed by atoms with E-state index in [1.165, 1.54) is 17.7 Å². The molecule has 0 bridgehead atoms. The number of aryl methyl sites for hydroxylation is 1. The largest absolute Gasteiger partial charge is 0.381 e. The van der Waals surface area contributed by atoms with Crippen molar-refractivity contribution in [2.24, 2.45) is 5.84 Å². The Hall–Kier alpha value is -2.60. The second kappa shape index (κ2) is 6.03. The number of nitrogens with one attached hydrogen (secondary N) is 2. The molecule has 0 saturated heterocycles. The predicted octanol–water partition coefficient (Wildman–Crippen LogP) is 2.80. The van der Waals surface area contributed by atoms with Crippen LogP contribution in [0.4, 0.5) is 17.1 Å².